The lowest BCUT2D eigenvalue weighted by molar-refractivity contribution is 0.760. The molecule has 0 aliphatic heterocycles. The fraction of sp³-hybridized carbons (Fsp3) is 0.0417. The third-order valence-corrected chi connectivity index (χ3v) is 6.30. The van der Waals surface area contributed by atoms with Gasteiger partial charge in [-0.3, -0.25) is 14.2 Å². The molecular weight excluding hydrogens is 416 g/mol. The summed E-state index contributed by atoms with van der Waals surface area (Å²) in [6.07, 6.45) is 0. The molecule has 0 spiro atoms. The number of aromatic nitrogens is 2. The van der Waals surface area contributed by atoms with E-state index in [2.05, 4.69) is 0 Å². The first kappa shape index (κ1) is 18.7. The minimum absolute atomic E-state index is 0.132. The summed E-state index contributed by atoms with van der Waals surface area (Å²) in [5.41, 5.74) is 1.11. The van der Waals surface area contributed by atoms with Crippen LogP contribution >= 0.6 is 22.9 Å². The maximum absolute atomic E-state index is 13.6. The SMILES string of the molecule is O=c1c2ccccc2sc2nc(-c3ccc(Cl)cc3)n(Cc3ccccc3)c(=O)c12. The van der Waals surface area contributed by atoms with Crippen molar-refractivity contribution in [3.8, 4) is 11.4 Å². The molecule has 0 N–H and O–H groups in total. The summed E-state index contributed by atoms with van der Waals surface area (Å²) in [5.74, 6) is 0.513. The van der Waals surface area contributed by atoms with Crippen LogP contribution in [-0.2, 0) is 6.54 Å². The van der Waals surface area contributed by atoms with Crippen LogP contribution in [0.1, 0.15) is 5.56 Å². The molecule has 2 aromatic heterocycles. The Kier molecular flexibility index (Phi) is 4.69. The third-order valence-electron chi connectivity index (χ3n) is 4.99. The van der Waals surface area contributed by atoms with Gasteiger partial charge in [0.1, 0.15) is 16.0 Å². The average molecular weight is 431 g/mol. The first-order valence-electron chi connectivity index (χ1n) is 9.38. The summed E-state index contributed by atoms with van der Waals surface area (Å²) in [7, 11) is 0. The van der Waals surface area contributed by atoms with E-state index in [0.717, 1.165) is 15.8 Å². The van der Waals surface area contributed by atoms with E-state index in [4.69, 9.17) is 16.6 Å². The fourth-order valence-electron chi connectivity index (χ4n) is 3.52. The number of hydrogen-bond acceptors (Lipinski definition) is 4. The maximum Gasteiger partial charge on any atom is 0.266 e. The van der Waals surface area contributed by atoms with Crippen LogP contribution < -0.4 is 11.0 Å². The van der Waals surface area contributed by atoms with Gasteiger partial charge in [0.2, 0.25) is 5.43 Å². The Morgan fingerprint density at radius 3 is 2.33 bits per heavy atom. The fourth-order valence-corrected chi connectivity index (χ4v) is 4.68. The van der Waals surface area contributed by atoms with E-state index in [0.29, 0.717) is 27.6 Å². The Morgan fingerprint density at radius 1 is 0.867 bits per heavy atom. The zero-order valence-electron chi connectivity index (χ0n) is 15.7. The van der Waals surface area contributed by atoms with Crippen LogP contribution in [0.4, 0.5) is 0 Å². The Balaban J connectivity index is 1.86. The molecule has 0 saturated heterocycles. The predicted molar refractivity (Wildman–Crippen MR) is 124 cm³/mol. The van der Waals surface area contributed by atoms with Gasteiger partial charge in [-0.05, 0) is 42.0 Å². The monoisotopic (exact) mass is 430 g/mol. The van der Waals surface area contributed by atoms with Gasteiger partial charge in [0.05, 0.1) is 6.54 Å². The Hall–Kier alpha value is -3.28. The Morgan fingerprint density at radius 2 is 1.57 bits per heavy atom. The van der Waals surface area contributed by atoms with Gasteiger partial charge < -0.3 is 0 Å². The highest BCUT2D eigenvalue weighted by Crippen LogP contribution is 2.26. The number of halogens is 1. The zero-order valence-corrected chi connectivity index (χ0v) is 17.3. The molecule has 146 valence electrons. The van der Waals surface area contributed by atoms with Crippen LogP contribution in [0.25, 0.3) is 31.7 Å². The minimum Gasteiger partial charge on any atom is -0.288 e. The molecule has 0 fully saturated rings. The molecule has 0 bridgehead atoms. The number of rotatable bonds is 3. The molecule has 3 aromatic carbocycles. The summed E-state index contributed by atoms with van der Waals surface area (Å²) >= 11 is 7.41. The van der Waals surface area contributed by atoms with Gasteiger partial charge in [-0.15, -0.1) is 11.3 Å². The second kappa shape index (κ2) is 7.52. The van der Waals surface area contributed by atoms with Gasteiger partial charge in [0.25, 0.3) is 5.56 Å². The second-order valence-corrected chi connectivity index (χ2v) is 8.39. The molecule has 5 aromatic rings. The van der Waals surface area contributed by atoms with E-state index < -0.39 is 0 Å². The van der Waals surface area contributed by atoms with Crippen molar-refractivity contribution in [3.63, 3.8) is 0 Å². The van der Waals surface area contributed by atoms with Gasteiger partial charge in [-0.1, -0.05) is 54.1 Å². The summed E-state index contributed by atoms with van der Waals surface area (Å²) in [5, 5.41) is 1.28. The van der Waals surface area contributed by atoms with Crippen molar-refractivity contribution in [1.82, 2.24) is 9.55 Å². The highest BCUT2D eigenvalue weighted by atomic mass is 35.5. The molecule has 0 aliphatic rings. The smallest absolute Gasteiger partial charge is 0.266 e. The molecule has 2 heterocycles. The van der Waals surface area contributed by atoms with E-state index in [9.17, 15) is 9.59 Å². The van der Waals surface area contributed by atoms with Crippen LogP contribution in [0.15, 0.2) is 88.5 Å². The molecule has 0 unspecified atom stereocenters. The lowest BCUT2D eigenvalue weighted by atomic mass is 10.1. The summed E-state index contributed by atoms with van der Waals surface area (Å²) < 4.78 is 2.38. The van der Waals surface area contributed by atoms with Crippen molar-refractivity contribution in [1.29, 1.82) is 0 Å². The average Bonchev–Trinajstić information content (AvgIpc) is 2.77. The van der Waals surface area contributed by atoms with Crippen molar-refractivity contribution < 1.29 is 0 Å². The van der Waals surface area contributed by atoms with Crippen molar-refractivity contribution in [2.75, 3.05) is 0 Å². The van der Waals surface area contributed by atoms with E-state index in [-0.39, 0.29) is 16.4 Å². The lowest BCUT2D eigenvalue weighted by Gasteiger charge is -2.14. The molecular formula is C24H15ClN2O2S. The topological polar surface area (TPSA) is 52.0 Å². The minimum atomic E-state index is -0.333. The standard InChI is InChI=1S/C24H15ClN2O2S/c25-17-12-10-16(11-13-17)22-26-23-20(21(28)18-8-4-5-9-19(18)30-23)24(29)27(22)14-15-6-2-1-3-7-15/h1-13H,14H2. The highest BCUT2D eigenvalue weighted by Gasteiger charge is 2.18. The number of hydrogen-bond donors (Lipinski definition) is 0. The van der Waals surface area contributed by atoms with Crippen molar-refractivity contribution >= 4 is 43.2 Å². The van der Waals surface area contributed by atoms with Crippen LogP contribution in [0.2, 0.25) is 5.02 Å². The van der Waals surface area contributed by atoms with E-state index >= 15 is 0 Å². The van der Waals surface area contributed by atoms with Crippen LogP contribution in [0, 0.1) is 0 Å². The van der Waals surface area contributed by atoms with Gasteiger partial charge in [0, 0.05) is 20.7 Å². The Labute approximate surface area is 180 Å². The summed E-state index contributed by atoms with van der Waals surface area (Å²) in [6, 6.07) is 24.2. The van der Waals surface area contributed by atoms with Crippen LogP contribution in [0.5, 0.6) is 0 Å². The molecule has 0 saturated carbocycles. The van der Waals surface area contributed by atoms with Crippen molar-refractivity contribution in [2.45, 2.75) is 6.54 Å². The summed E-state index contributed by atoms with van der Waals surface area (Å²) in [4.78, 5) is 31.9. The van der Waals surface area contributed by atoms with E-state index in [1.807, 2.05) is 54.6 Å². The molecule has 0 aliphatic carbocycles. The molecule has 0 amide bonds. The molecule has 0 atom stereocenters. The lowest BCUT2D eigenvalue weighted by Crippen LogP contribution is -2.27. The number of benzene rings is 3. The van der Waals surface area contributed by atoms with E-state index in [1.165, 1.54) is 11.3 Å². The van der Waals surface area contributed by atoms with E-state index in [1.54, 1.807) is 28.8 Å². The largest absolute Gasteiger partial charge is 0.288 e. The molecule has 4 nitrogen and oxygen atoms in total. The number of fused-ring (bicyclic) bond motifs is 2. The van der Waals surface area contributed by atoms with Crippen LogP contribution in [0.3, 0.4) is 0 Å². The molecule has 30 heavy (non-hydrogen) atoms. The van der Waals surface area contributed by atoms with Crippen molar-refractivity contribution in [2.24, 2.45) is 0 Å². The second-order valence-electron chi connectivity index (χ2n) is 6.93. The summed E-state index contributed by atoms with van der Waals surface area (Å²) in [6.45, 7) is 0.317. The van der Waals surface area contributed by atoms with Crippen molar-refractivity contribution in [3.05, 3.63) is 110 Å². The molecule has 5 rings (SSSR count). The number of nitrogens with zero attached hydrogens (tertiary/aromatic N) is 2. The maximum atomic E-state index is 13.6. The molecule has 0 radical (unpaired) electrons. The Bertz CT molecular complexity index is 1510. The van der Waals surface area contributed by atoms with Gasteiger partial charge in [-0.25, -0.2) is 4.98 Å². The first-order valence-corrected chi connectivity index (χ1v) is 10.6. The highest BCUT2D eigenvalue weighted by molar-refractivity contribution is 7.24. The quantitative estimate of drug-likeness (QED) is 0.363. The van der Waals surface area contributed by atoms with Gasteiger partial charge in [-0.2, -0.15) is 0 Å². The van der Waals surface area contributed by atoms with Gasteiger partial charge >= 0.3 is 0 Å². The first-order chi connectivity index (χ1) is 14.6. The molecule has 6 heteroatoms. The van der Waals surface area contributed by atoms with Crippen LogP contribution in [-0.4, -0.2) is 9.55 Å². The zero-order chi connectivity index (χ0) is 20.7. The predicted octanol–water partition coefficient (Wildman–Crippen LogP) is 5.34. The third kappa shape index (κ3) is 3.22. The van der Waals surface area contributed by atoms with Gasteiger partial charge in [0.15, 0.2) is 0 Å². The normalized spacial score (nSPS) is 11.2.